The molecule has 3 rings (SSSR count). The van der Waals surface area contributed by atoms with Gasteiger partial charge in [0.05, 0.1) is 5.54 Å². The molecule has 0 saturated heterocycles. The summed E-state index contributed by atoms with van der Waals surface area (Å²) in [6.07, 6.45) is 2.42. The molecular formula is C9H13N5S. The molecule has 1 aliphatic carbocycles. The van der Waals surface area contributed by atoms with Crippen LogP contribution in [0.25, 0.3) is 4.96 Å². The van der Waals surface area contributed by atoms with E-state index in [0.29, 0.717) is 5.92 Å². The first kappa shape index (κ1) is 9.23. The summed E-state index contributed by atoms with van der Waals surface area (Å²) >= 11 is 1.52. The monoisotopic (exact) mass is 223 g/mol. The highest BCUT2D eigenvalue weighted by Gasteiger charge is 2.31. The van der Waals surface area contributed by atoms with Gasteiger partial charge >= 0.3 is 0 Å². The van der Waals surface area contributed by atoms with Crippen LogP contribution < -0.4 is 5.73 Å². The molecule has 0 bridgehead atoms. The van der Waals surface area contributed by atoms with Crippen molar-refractivity contribution in [2.45, 2.75) is 38.1 Å². The Labute approximate surface area is 91.3 Å². The maximum atomic E-state index is 6.01. The molecule has 0 spiro atoms. The van der Waals surface area contributed by atoms with E-state index >= 15 is 0 Å². The third kappa shape index (κ3) is 1.44. The molecule has 1 fully saturated rings. The number of nitrogens with zero attached hydrogens (tertiary/aromatic N) is 4. The Kier molecular flexibility index (Phi) is 1.70. The van der Waals surface area contributed by atoms with Gasteiger partial charge in [-0.1, -0.05) is 11.3 Å². The summed E-state index contributed by atoms with van der Waals surface area (Å²) in [5, 5.41) is 13.7. The van der Waals surface area contributed by atoms with E-state index in [9.17, 15) is 0 Å². The zero-order valence-corrected chi connectivity index (χ0v) is 9.58. The Morgan fingerprint density at radius 3 is 2.73 bits per heavy atom. The summed E-state index contributed by atoms with van der Waals surface area (Å²) in [4.78, 5) is 0.852. The molecule has 80 valence electrons. The molecule has 0 unspecified atom stereocenters. The van der Waals surface area contributed by atoms with Crippen molar-refractivity contribution in [2.75, 3.05) is 0 Å². The van der Waals surface area contributed by atoms with Crippen LogP contribution in [0.2, 0.25) is 0 Å². The largest absolute Gasteiger partial charge is 0.320 e. The molecule has 2 heterocycles. The molecule has 0 amide bonds. The Morgan fingerprint density at radius 2 is 2.13 bits per heavy atom. The van der Waals surface area contributed by atoms with E-state index in [-0.39, 0.29) is 0 Å². The Balaban J connectivity index is 2.14. The van der Waals surface area contributed by atoms with Crippen molar-refractivity contribution in [1.29, 1.82) is 0 Å². The van der Waals surface area contributed by atoms with Crippen LogP contribution in [-0.2, 0) is 5.54 Å². The van der Waals surface area contributed by atoms with Crippen LogP contribution in [0.3, 0.4) is 0 Å². The van der Waals surface area contributed by atoms with Gasteiger partial charge in [-0.05, 0) is 26.7 Å². The second kappa shape index (κ2) is 2.76. The van der Waals surface area contributed by atoms with Crippen LogP contribution in [0.15, 0.2) is 0 Å². The molecule has 1 aliphatic rings. The van der Waals surface area contributed by atoms with Crippen molar-refractivity contribution in [3.8, 4) is 0 Å². The van der Waals surface area contributed by atoms with Gasteiger partial charge in [0.2, 0.25) is 4.96 Å². The van der Waals surface area contributed by atoms with E-state index < -0.39 is 5.54 Å². The minimum Gasteiger partial charge on any atom is -0.320 e. The van der Waals surface area contributed by atoms with E-state index in [1.54, 1.807) is 0 Å². The topological polar surface area (TPSA) is 69.1 Å². The molecule has 6 heteroatoms. The van der Waals surface area contributed by atoms with Gasteiger partial charge in [-0.25, -0.2) is 0 Å². The SMILES string of the molecule is CC(C)(N)c1nn2c(C3CC3)nnc2s1. The molecule has 0 atom stereocenters. The van der Waals surface area contributed by atoms with E-state index in [1.807, 2.05) is 18.4 Å². The standard InChI is InChI=1S/C9H13N5S/c1-9(2,10)7-13-14-6(5-3-4-5)11-12-8(14)15-7/h5H,3-4,10H2,1-2H3. The van der Waals surface area contributed by atoms with Crippen molar-refractivity contribution in [2.24, 2.45) is 5.73 Å². The third-order valence-corrected chi connectivity index (χ3v) is 3.75. The normalized spacial score (nSPS) is 17.5. The maximum absolute atomic E-state index is 6.01. The first-order chi connectivity index (χ1) is 7.05. The summed E-state index contributed by atoms with van der Waals surface area (Å²) in [7, 11) is 0. The predicted octanol–water partition coefficient (Wildman–Crippen LogP) is 1.26. The van der Waals surface area contributed by atoms with Gasteiger partial charge in [-0.2, -0.15) is 9.61 Å². The Morgan fingerprint density at radius 1 is 1.40 bits per heavy atom. The van der Waals surface area contributed by atoms with Gasteiger partial charge in [0.1, 0.15) is 5.01 Å². The van der Waals surface area contributed by atoms with Crippen molar-refractivity contribution in [3.63, 3.8) is 0 Å². The van der Waals surface area contributed by atoms with Crippen LogP contribution in [0, 0.1) is 0 Å². The van der Waals surface area contributed by atoms with E-state index in [0.717, 1.165) is 15.8 Å². The number of aromatic nitrogens is 4. The van der Waals surface area contributed by atoms with Crippen LogP contribution >= 0.6 is 11.3 Å². The highest BCUT2D eigenvalue weighted by atomic mass is 32.1. The van der Waals surface area contributed by atoms with Crippen LogP contribution in [-0.4, -0.2) is 19.8 Å². The van der Waals surface area contributed by atoms with Gasteiger partial charge in [0.15, 0.2) is 5.82 Å². The molecule has 1 saturated carbocycles. The van der Waals surface area contributed by atoms with Gasteiger partial charge < -0.3 is 5.73 Å². The summed E-state index contributed by atoms with van der Waals surface area (Å²) in [6.45, 7) is 3.91. The maximum Gasteiger partial charge on any atom is 0.234 e. The van der Waals surface area contributed by atoms with Gasteiger partial charge in [-0.3, -0.25) is 0 Å². The first-order valence-corrected chi connectivity index (χ1v) is 5.89. The fourth-order valence-electron chi connectivity index (χ4n) is 1.49. The molecular weight excluding hydrogens is 210 g/mol. The van der Waals surface area contributed by atoms with Crippen molar-refractivity contribution >= 4 is 16.3 Å². The molecule has 5 nitrogen and oxygen atoms in total. The predicted molar refractivity (Wildman–Crippen MR) is 57.8 cm³/mol. The van der Waals surface area contributed by atoms with Crippen LogP contribution in [0.5, 0.6) is 0 Å². The fourth-order valence-corrected chi connectivity index (χ4v) is 2.35. The van der Waals surface area contributed by atoms with Crippen molar-refractivity contribution in [1.82, 2.24) is 19.8 Å². The molecule has 0 radical (unpaired) electrons. The lowest BCUT2D eigenvalue weighted by molar-refractivity contribution is 0.538. The summed E-state index contributed by atoms with van der Waals surface area (Å²) < 4.78 is 1.85. The third-order valence-electron chi connectivity index (χ3n) is 2.51. The van der Waals surface area contributed by atoms with Gasteiger partial charge in [-0.15, -0.1) is 10.2 Å². The second-order valence-corrected chi connectivity index (χ2v) is 5.61. The van der Waals surface area contributed by atoms with Crippen LogP contribution in [0.4, 0.5) is 0 Å². The average Bonchev–Trinajstić information content (AvgIpc) is 2.75. The summed E-state index contributed by atoms with van der Waals surface area (Å²) in [5.74, 6) is 1.56. The zero-order valence-electron chi connectivity index (χ0n) is 8.77. The van der Waals surface area contributed by atoms with Crippen molar-refractivity contribution in [3.05, 3.63) is 10.8 Å². The van der Waals surface area contributed by atoms with Crippen LogP contribution in [0.1, 0.15) is 43.4 Å². The molecule has 15 heavy (non-hydrogen) atoms. The lowest BCUT2D eigenvalue weighted by Crippen LogP contribution is -2.28. The Hall–Kier alpha value is -1.01. The van der Waals surface area contributed by atoms with Gasteiger partial charge in [0.25, 0.3) is 0 Å². The number of fused-ring (bicyclic) bond motifs is 1. The van der Waals surface area contributed by atoms with E-state index in [2.05, 4.69) is 15.3 Å². The van der Waals surface area contributed by atoms with Gasteiger partial charge in [0, 0.05) is 5.92 Å². The smallest absolute Gasteiger partial charge is 0.234 e. The lowest BCUT2D eigenvalue weighted by Gasteiger charge is -2.12. The minimum atomic E-state index is -0.397. The second-order valence-electron chi connectivity index (χ2n) is 4.66. The zero-order chi connectivity index (χ0) is 10.6. The first-order valence-electron chi connectivity index (χ1n) is 5.07. The number of nitrogens with two attached hydrogens (primary N) is 1. The van der Waals surface area contributed by atoms with E-state index in [4.69, 9.17) is 5.73 Å². The molecule has 2 aromatic rings. The molecule has 2 N–H and O–H groups in total. The number of rotatable bonds is 2. The lowest BCUT2D eigenvalue weighted by atomic mass is 10.1. The minimum absolute atomic E-state index is 0.397. The summed E-state index contributed by atoms with van der Waals surface area (Å²) in [6, 6.07) is 0. The van der Waals surface area contributed by atoms with Crippen molar-refractivity contribution < 1.29 is 0 Å². The highest BCUT2D eigenvalue weighted by molar-refractivity contribution is 7.16. The summed E-state index contributed by atoms with van der Waals surface area (Å²) in [5.41, 5.74) is 5.61. The molecule has 0 aromatic carbocycles. The highest BCUT2D eigenvalue weighted by Crippen LogP contribution is 2.39. The number of hydrogen-bond donors (Lipinski definition) is 1. The molecule has 0 aliphatic heterocycles. The Bertz CT molecular complexity index is 502. The van der Waals surface area contributed by atoms with E-state index in [1.165, 1.54) is 24.2 Å². The average molecular weight is 223 g/mol. The quantitative estimate of drug-likeness (QED) is 0.832. The number of hydrogen-bond acceptors (Lipinski definition) is 5. The fraction of sp³-hybridized carbons (Fsp3) is 0.667. The molecule has 2 aromatic heterocycles.